The molecular weight excluding hydrogens is 495 g/mol. The molecule has 0 aliphatic rings. The number of nitrogens with one attached hydrogen (secondary N) is 3. The molecule has 0 bridgehead atoms. The summed E-state index contributed by atoms with van der Waals surface area (Å²) in [4.78, 5) is 19.2. The number of rotatable bonds is 8. The lowest BCUT2D eigenvalue weighted by Crippen LogP contribution is -2.43. The van der Waals surface area contributed by atoms with Crippen molar-refractivity contribution in [1.29, 1.82) is 0 Å². The number of halogens is 1. The summed E-state index contributed by atoms with van der Waals surface area (Å²) in [5.74, 6) is 0.817. The first-order valence-electron chi connectivity index (χ1n) is 9.87. The van der Waals surface area contributed by atoms with Gasteiger partial charge in [0, 0.05) is 40.4 Å². The molecule has 0 fully saturated rings. The molecule has 0 aliphatic carbocycles. The fraction of sp³-hybridized carbons (Fsp3) is 0.455. The number of carbonyl (C=O) groups is 1. The van der Waals surface area contributed by atoms with Crippen molar-refractivity contribution in [2.24, 2.45) is 10.9 Å². The van der Waals surface area contributed by atoms with E-state index in [1.165, 1.54) is 9.75 Å². The molecule has 7 heteroatoms. The number of amides is 1. The molecule has 5 nitrogen and oxygen atoms in total. The monoisotopic (exact) mass is 528 g/mol. The van der Waals surface area contributed by atoms with E-state index in [0.29, 0.717) is 12.6 Å². The van der Waals surface area contributed by atoms with E-state index >= 15 is 0 Å². The first-order valence-corrected chi connectivity index (χ1v) is 10.7. The summed E-state index contributed by atoms with van der Waals surface area (Å²) in [7, 11) is 0. The van der Waals surface area contributed by atoms with Crippen molar-refractivity contribution in [1.82, 2.24) is 10.6 Å². The van der Waals surface area contributed by atoms with Crippen molar-refractivity contribution in [3.8, 4) is 0 Å². The van der Waals surface area contributed by atoms with Crippen LogP contribution in [0.2, 0.25) is 0 Å². The number of aryl methyl sites for hydroxylation is 1. The molecule has 2 rings (SSSR count). The second kappa shape index (κ2) is 12.8. The van der Waals surface area contributed by atoms with Crippen LogP contribution in [0.1, 0.15) is 43.0 Å². The van der Waals surface area contributed by atoms with Crippen molar-refractivity contribution < 1.29 is 4.79 Å². The zero-order valence-corrected chi connectivity index (χ0v) is 21.1. The Morgan fingerprint density at radius 2 is 1.79 bits per heavy atom. The molecule has 0 saturated heterocycles. The Balaban J connectivity index is 0.00000420. The summed E-state index contributed by atoms with van der Waals surface area (Å²) in [5.41, 5.74) is 1.91. The van der Waals surface area contributed by atoms with Crippen LogP contribution in [0.15, 0.2) is 41.4 Å². The lowest BCUT2D eigenvalue weighted by molar-refractivity contribution is -0.118. The number of hydrogen-bond acceptors (Lipinski definition) is 3. The van der Waals surface area contributed by atoms with Gasteiger partial charge in [0.25, 0.3) is 0 Å². The molecule has 29 heavy (non-hydrogen) atoms. The highest BCUT2D eigenvalue weighted by atomic mass is 127. The normalized spacial score (nSPS) is 12.3. The minimum atomic E-state index is -0.0295. The molecule has 0 saturated carbocycles. The van der Waals surface area contributed by atoms with E-state index < -0.39 is 0 Å². The van der Waals surface area contributed by atoms with Gasteiger partial charge in [-0.1, -0.05) is 26.0 Å². The number of carbonyl (C=O) groups excluding carboxylic acids is 1. The summed E-state index contributed by atoms with van der Waals surface area (Å²) in [6.07, 6.45) is 0.979. The smallest absolute Gasteiger partial charge is 0.226 e. The number of guanidine groups is 1. The maximum absolute atomic E-state index is 11.8. The van der Waals surface area contributed by atoms with E-state index in [4.69, 9.17) is 4.99 Å². The molecule has 1 atom stereocenters. The van der Waals surface area contributed by atoms with Gasteiger partial charge in [-0.15, -0.1) is 35.3 Å². The fourth-order valence-electron chi connectivity index (χ4n) is 2.65. The van der Waals surface area contributed by atoms with Crippen molar-refractivity contribution in [2.45, 2.75) is 53.6 Å². The lowest BCUT2D eigenvalue weighted by Gasteiger charge is -2.17. The second-order valence-electron chi connectivity index (χ2n) is 7.30. The van der Waals surface area contributed by atoms with Crippen LogP contribution in [0.25, 0.3) is 0 Å². The summed E-state index contributed by atoms with van der Waals surface area (Å²) in [5, 5.41) is 9.70. The Morgan fingerprint density at radius 1 is 1.10 bits per heavy atom. The average molecular weight is 529 g/mol. The predicted octanol–water partition coefficient (Wildman–Crippen LogP) is 4.96. The van der Waals surface area contributed by atoms with E-state index in [-0.39, 0.29) is 35.8 Å². The Bertz CT molecular complexity index is 786. The molecule has 160 valence electrons. The molecule has 1 aromatic carbocycles. The van der Waals surface area contributed by atoms with Crippen LogP contribution in [-0.4, -0.2) is 24.5 Å². The van der Waals surface area contributed by atoms with Crippen molar-refractivity contribution in [3.05, 3.63) is 51.7 Å². The molecule has 3 N–H and O–H groups in total. The fourth-order valence-corrected chi connectivity index (χ4v) is 3.67. The van der Waals surface area contributed by atoms with Gasteiger partial charge in [-0.3, -0.25) is 4.79 Å². The Labute approximate surface area is 195 Å². The van der Waals surface area contributed by atoms with Gasteiger partial charge in [0.1, 0.15) is 0 Å². The van der Waals surface area contributed by atoms with Gasteiger partial charge in [-0.25, -0.2) is 4.99 Å². The predicted molar refractivity (Wildman–Crippen MR) is 135 cm³/mol. The van der Waals surface area contributed by atoms with Crippen molar-refractivity contribution in [3.63, 3.8) is 0 Å². The molecule has 0 aliphatic heterocycles. The van der Waals surface area contributed by atoms with Crippen LogP contribution < -0.4 is 16.0 Å². The van der Waals surface area contributed by atoms with Crippen molar-refractivity contribution in [2.75, 3.05) is 11.9 Å². The van der Waals surface area contributed by atoms with E-state index in [2.05, 4.69) is 48.9 Å². The topological polar surface area (TPSA) is 65.5 Å². The van der Waals surface area contributed by atoms with E-state index in [1.807, 2.05) is 49.4 Å². The number of aliphatic imine (C=N–C) groups is 1. The van der Waals surface area contributed by atoms with Gasteiger partial charge < -0.3 is 16.0 Å². The SMILES string of the molecule is CCNC(=NCc1ccc(NC(=O)C(C)C)cc1)NC(C)Cc1ccc(C)s1.I. The van der Waals surface area contributed by atoms with E-state index in [9.17, 15) is 4.79 Å². The second-order valence-corrected chi connectivity index (χ2v) is 8.67. The maximum atomic E-state index is 11.8. The minimum Gasteiger partial charge on any atom is -0.357 e. The Kier molecular flexibility index (Phi) is 11.3. The first kappa shape index (κ1) is 25.4. The summed E-state index contributed by atoms with van der Waals surface area (Å²) >= 11 is 1.84. The van der Waals surface area contributed by atoms with Gasteiger partial charge in [-0.05, 0) is 50.6 Å². The van der Waals surface area contributed by atoms with Crippen molar-refractivity contribution >= 4 is 52.9 Å². The highest BCUT2D eigenvalue weighted by Gasteiger charge is 2.09. The molecule has 1 unspecified atom stereocenters. The van der Waals surface area contributed by atoms with E-state index in [1.54, 1.807) is 0 Å². The molecule has 1 aromatic heterocycles. The number of hydrogen-bond donors (Lipinski definition) is 3. The summed E-state index contributed by atoms with van der Waals surface area (Å²) in [6.45, 7) is 11.5. The largest absolute Gasteiger partial charge is 0.357 e. The van der Waals surface area contributed by atoms with Crippen LogP contribution in [0.5, 0.6) is 0 Å². The molecule has 1 amide bonds. The van der Waals surface area contributed by atoms with Gasteiger partial charge in [0.05, 0.1) is 6.54 Å². The van der Waals surface area contributed by atoms with E-state index in [0.717, 1.165) is 30.2 Å². The van der Waals surface area contributed by atoms with Crippen LogP contribution in [-0.2, 0) is 17.8 Å². The standard InChI is InChI=1S/C22H32N4OS.HI/c1-6-23-22(25-16(4)13-20-12-7-17(5)28-20)24-14-18-8-10-19(11-9-18)26-21(27)15(2)3;/h7-12,15-16H,6,13-14H2,1-5H3,(H,26,27)(H2,23,24,25);1H. The van der Waals surface area contributed by atoms with Crippen LogP contribution in [0, 0.1) is 12.8 Å². The molecule has 1 heterocycles. The van der Waals surface area contributed by atoms with Gasteiger partial charge in [0.15, 0.2) is 5.96 Å². The maximum Gasteiger partial charge on any atom is 0.226 e. The Morgan fingerprint density at radius 3 is 2.34 bits per heavy atom. The Hall–Kier alpha value is -1.61. The van der Waals surface area contributed by atoms with Crippen LogP contribution >= 0.6 is 35.3 Å². The zero-order valence-electron chi connectivity index (χ0n) is 17.9. The van der Waals surface area contributed by atoms with Crippen LogP contribution in [0.3, 0.4) is 0 Å². The van der Waals surface area contributed by atoms with Gasteiger partial charge in [0.2, 0.25) is 5.91 Å². The lowest BCUT2D eigenvalue weighted by atomic mass is 10.1. The molecule has 2 aromatic rings. The average Bonchev–Trinajstić information content (AvgIpc) is 3.05. The molecule has 0 radical (unpaired) electrons. The molecular formula is C22H33IN4OS. The third kappa shape index (κ3) is 9.16. The quantitative estimate of drug-likeness (QED) is 0.258. The van der Waals surface area contributed by atoms with Gasteiger partial charge in [-0.2, -0.15) is 0 Å². The highest BCUT2D eigenvalue weighted by Crippen LogP contribution is 2.16. The number of thiophene rings is 1. The van der Waals surface area contributed by atoms with Crippen LogP contribution in [0.4, 0.5) is 5.69 Å². The molecule has 0 spiro atoms. The third-order valence-electron chi connectivity index (χ3n) is 4.20. The minimum absolute atomic E-state index is 0. The first-order chi connectivity index (χ1) is 13.4. The third-order valence-corrected chi connectivity index (χ3v) is 5.22. The van der Waals surface area contributed by atoms with Gasteiger partial charge >= 0.3 is 0 Å². The highest BCUT2D eigenvalue weighted by molar-refractivity contribution is 14.0. The number of benzene rings is 1. The number of anilines is 1. The summed E-state index contributed by atoms with van der Waals surface area (Å²) < 4.78 is 0. The number of nitrogens with zero attached hydrogens (tertiary/aromatic N) is 1. The zero-order chi connectivity index (χ0) is 20.5. The summed E-state index contributed by atoms with van der Waals surface area (Å²) in [6, 6.07) is 12.5.